The summed E-state index contributed by atoms with van der Waals surface area (Å²) in [6, 6.07) is 12.3. The zero-order chi connectivity index (χ0) is 17.5. The number of hydrogen-bond acceptors (Lipinski definition) is 4. The SMILES string of the molecule is CCOc1ccc(CC(CN)c2cc(C)ccc2OC)cc1OC. The quantitative estimate of drug-likeness (QED) is 0.802. The third kappa shape index (κ3) is 4.20. The van der Waals surface area contributed by atoms with E-state index in [-0.39, 0.29) is 5.92 Å². The van der Waals surface area contributed by atoms with Gasteiger partial charge in [-0.25, -0.2) is 0 Å². The van der Waals surface area contributed by atoms with Crippen LogP contribution < -0.4 is 19.9 Å². The Hall–Kier alpha value is -2.20. The Morgan fingerprint density at radius 2 is 1.67 bits per heavy atom. The maximum atomic E-state index is 6.06. The van der Waals surface area contributed by atoms with Gasteiger partial charge in [-0.15, -0.1) is 0 Å². The summed E-state index contributed by atoms with van der Waals surface area (Å²) >= 11 is 0. The fourth-order valence-electron chi connectivity index (χ4n) is 2.89. The molecule has 4 nitrogen and oxygen atoms in total. The van der Waals surface area contributed by atoms with Gasteiger partial charge < -0.3 is 19.9 Å². The molecule has 2 aromatic rings. The fourth-order valence-corrected chi connectivity index (χ4v) is 2.89. The molecule has 0 aromatic heterocycles. The minimum absolute atomic E-state index is 0.183. The van der Waals surface area contributed by atoms with Gasteiger partial charge in [0.2, 0.25) is 0 Å². The second-order valence-corrected chi connectivity index (χ2v) is 5.80. The van der Waals surface area contributed by atoms with E-state index in [1.54, 1.807) is 14.2 Å². The Labute approximate surface area is 144 Å². The predicted molar refractivity (Wildman–Crippen MR) is 97.4 cm³/mol. The van der Waals surface area contributed by atoms with Gasteiger partial charge in [0.15, 0.2) is 11.5 Å². The van der Waals surface area contributed by atoms with Crippen LogP contribution in [0.5, 0.6) is 17.2 Å². The topological polar surface area (TPSA) is 53.7 Å². The van der Waals surface area contributed by atoms with Crippen LogP contribution in [0.25, 0.3) is 0 Å². The van der Waals surface area contributed by atoms with Crippen molar-refractivity contribution in [3.8, 4) is 17.2 Å². The molecule has 0 spiro atoms. The Kier molecular flexibility index (Phi) is 6.50. The molecule has 130 valence electrons. The maximum Gasteiger partial charge on any atom is 0.161 e. The lowest BCUT2D eigenvalue weighted by molar-refractivity contribution is 0.310. The van der Waals surface area contributed by atoms with E-state index in [1.807, 2.05) is 25.1 Å². The van der Waals surface area contributed by atoms with Gasteiger partial charge in [0, 0.05) is 5.92 Å². The van der Waals surface area contributed by atoms with Crippen molar-refractivity contribution in [1.82, 2.24) is 0 Å². The molecule has 0 radical (unpaired) electrons. The summed E-state index contributed by atoms with van der Waals surface area (Å²) in [4.78, 5) is 0. The molecule has 0 saturated heterocycles. The molecule has 0 fully saturated rings. The molecule has 1 unspecified atom stereocenters. The van der Waals surface area contributed by atoms with E-state index in [0.717, 1.165) is 34.8 Å². The molecule has 2 rings (SSSR count). The molecular weight excluding hydrogens is 302 g/mol. The first-order chi connectivity index (χ1) is 11.6. The first kappa shape index (κ1) is 18.1. The normalized spacial score (nSPS) is 11.9. The molecule has 24 heavy (non-hydrogen) atoms. The van der Waals surface area contributed by atoms with Gasteiger partial charge in [-0.2, -0.15) is 0 Å². The molecule has 0 bridgehead atoms. The second kappa shape index (κ2) is 8.60. The van der Waals surface area contributed by atoms with Crippen LogP contribution in [0.1, 0.15) is 29.5 Å². The molecule has 2 N–H and O–H groups in total. The zero-order valence-corrected chi connectivity index (χ0v) is 15.0. The van der Waals surface area contributed by atoms with Crippen molar-refractivity contribution in [1.29, 1.82) is 0 Å². The molecule has 4 heteroatoms. The molecular formula is C20H27NO3. The van der Waals surface area contributed by atoms with Crippen LogP contribution in [0.3, 0.4) is 0 Å². The number of aryl methyl sites for hydroxylation is 1. The van der Waals surface area contributed by atoms with Crippen molar-refractivity contribution in [2.45, 2.75) is 26.2 Å². The third-order valence-electron chi connectivity index (χ3n) is 4.12. The molecule has 0 aliphatic carbocycles. The van der Waals surface area contributed by atoms with Crippen molar-refractivity contribution >= 4 is 0 Å². The standard InChI is InChI=1S/C20H27NO3/c1-5-24-19-9-7-15(12-20(19)23-4)11-16(13-21)17-10-14(2)6-8-18(17)22-3/h6-10,12,16H,5,11,13,21H2,1-4H3. The highest BCUT2D eigenvalue weighted by atomic mass is 16.5. The molecule has 0 saturated carbocycles. The highest BCUT2D eigenvalue weighted by molar-refractivity contribution is 5.45. The van der Waals surface area contributed by atoms with Crippen LogP contribution in [0.4, 0.5) is 0 Å². The van der Waals surface area contributed by atoms with Gasteiger partial charge >= 0.3 is 0 Å². The van der Waals surface area contributed by atoms with Gasteiger partial charge in [0.25, 0.3) is 0 Å². The van der Waals surface area contributed by atoms with Crippen LogP contribution in [0, 0.1) is 6.92 Å². The van der Waals surface area contributed by atoms with E-state index in [0.29, 0.717) is 13.2 Å². The van der Waals surface area contributed by atoms with Gasteiger partial charge in [0.05, 0.1) is 20.8 Å². The first-order valence-electron chi connectivity index (χ1n) is 8.27. The summed E-state index contributed by atoms with van der Waals surface area (Å²) in [7, 11) is 3.35. The first-order valence-corrected chi connectivity index (χ1v) is 8.27. The minimum Gasteiger partial charge on any atom is -0.496 e. The van der Waals surface area contributed by atoms with E-state index in [1.165, 1.54) is 5.56 Å². The number of methoxy groups -OCH3 is 2. The lowest BCUT2D eigenvalue weighted by Crippen LogP contribution is -2.16. The Bertz CT molecular complexity index is 670. The van der Waals surface area contributed by atoms with E-state index in [2.05, 4.69) is 25.1 Å². The van der Waals surface area contributed by atoms with Crippen LogP contribution in [0.2, 0.25) is 0 Å². The van der Waals surface area contributed by atoms with E-state index in [4.69, 9.17) is 19.9 Å². The lowest BCUT2D eigenvalue weighted by atomic mass is 9.90. The number of rotatable bonds is 8. The molecule has 0 aliphatic heterocycles. The molecule has 0 aliphatic rings. The number of ether oxygens (including phenoxy) is 3. The van der Waals surface area contributed by atoms with Crippen LogP contribution in [0.15, 0.2) is 36.4 Å². The smallest absolute Gasteiger partial charge is 0.161 e. The van der Waals surface area contributed by atoms with Gasteiger partial charge in [-0.3, -0.25) is 0 Å². The van der Waals surface area contributed by atoms with Crippen molar-refractivity contribution < 1.29 is 14.2 Å². The van der Waals surface area contributed by atoms with E-state index < -0.39 is 0 Å². The minimum atomic E-state index is 0.183. The Balaban J connectivity index is 2.29. The van der Waals surface area contributed by atoms with Gasteiger partial charge in [-0.05, 0) is 56.1 Å². The highest BCUT2D eigenvalue weighted by Gasteiger charge is 2.17. The molecule has 0 amide bonds. The Morgan fingerprint density at radius 1 is 0.958 bits per heavy atom. The number of benzene rings is 2. The summed E-state index contributed by atoms with van der Waals surface area (Å²) in [6.07, 6.45) is 0.819. The van der Waals surface area contributed by atoms with E-state index in [9.17, 15) is 0 Å². The number of nitrogens with two attached hydrogens (primary N) is 1. The summed E-state index contributed by atoms with van der Waals surface area (Å²) in [6.45, 7) is 5.20. The van der Waals surface area contributed by atoms with Crippen molar-refractivity contribution in [3.63, 3.8) is 0 Å². The fraction of sp³-hybridized carbons (Fsp3) is 0.400. The molecule has 2 aromatic carbocycles. The summed E-state index contributed by atoms with van der Waals surface area (Å²) < 4.78 is 16.5. The van der Waals surface area contributed by atoms with Gasteiger partial charge in [0.1, 0.15) is 5.75 Å². The monoisotopic (exact) mass is 329 g/mol. The summed E-state index contributed by atoms with van der Waals surface area (Å²) in [5.74, 6) is 2.58. The number of hydrogen-bond donors (Lipinski definition) is 1. The second-order valence-electron chi connectivity index (χ2n) is 5.80. The summed E-state index contributed by atoms with van der Waals surface area (Å²) in [5, 5.41) is 0. The third-order valence-corrected chi connectivity index (χ3v) is 4.12. The lowest BCUT2D eigenvalue weighted by Gasteiger charge is -2.20. The average Bonchev–Trinajstić information content (AvgIpc) is 2.60. The molecule has 0 heterocycles. The largest absolute Gasteiger partial charge is 0.496 e. The van der Waals surface area contributed by atoms with Crippen molar-refractivity contribution in [2.75, 3.05) is 27.4 Å². The van der Waals surface area contributed by atoms with Crippen LogP contribution in [-0.2, 0) is 6.42 Å². The average molecular weight is 329 g/mol. The van der Waals surface area contributed by atoms with Crippen LogP contribution in [-0.4, -0.2) is 27.4 Å². The highest BCUT2D eigenvalue weighted by Crippen LogP contribution is 2.33. The van der Waals surface area contributed by atoms with Crippen molar-refractivity contribution in [3.05, 3.63) is 53.1 Å². The maximum absolute atomic E-state index is 6.06. The summed E-state index contributed by atoms with van der Waals surface area (Å²) in [5.41, 5.74) is 9.57. The van der Waals surface area contributed by atoms with Gasteiger partial charge in [-0.1, -0.05) is 23.8 Å². The Morgan fingerprint density at radius 3 is 2.29 bits per heavy atom. The van der Waals surface area contributed by atoms with E-state index >= 15 is 0 Å². The predicted octanol–water partition coefficient (Wildman–Crippen LogP) is 3.70. The molecule has 1 atom stereocenters. The zero-order valence-electron chi connectivity index (χ0n) is 15.0. The van der Waals surface area contributed by atoms with Crippen LogP contribution >= 0.6 is 0 Å². The van der Waals surface area contributed by atoms with Crippen molar-refractivity contribution in [2.24, 2.45) is 5.73 Å².